The fourth-order valence-corrected chi connectivity index (χ4v) is 2.68. The van der Waals surface area contributed by atoms with Gasteiger partial charge in [-0.1, -0.05) is 23.7 Å². The molecule has 3 rings (SSSR count). The zero-order valence-corrected chi connectivity index (χ0v) is 15.1. The summed E-state index contributed by atoms with van der Waals surface area (Å²) in [4.78, 5) is 37.3. The zero-order chi connectivity index (χ0) is 19.2. The van der Waals surface area contributed by atoms with E-state index in [4.69, 9.17) is 21.1 Å². The lowest BCUT2D eigenvalue weighted by atomic mass is 10.2. The third-order valence-corrected chi connectivity index (χ3v) is 4.09. The van der Waals surface area contributed by atoms with Gasteiger partial charge in [-0.05, 0) is 36.4 Å². The third kappa shape index (κ3) is 4.98. The Kier molecular flexibility index (Phi) is 5.93. The van der Waals surface area contributed by atoms with E-state index in [0.29, 0.717) is 22.1 Å². The SMILES string of the molecule is O=C(COC(=O)CCN1C(=O)COc2ccccc21)Nc1ccc(Cl)cc1. The average molecular weight is 389 g/mol. The van der Waals surface area contributed by atoms with Gasteiger partial charge in [0.25, 0.3) is 11.8 Å². The number of nitrogens with zero attached hydrogens (tertiary/aromatic N) is 1. The minimum absolute atomic E-state index is 0.0334. The lowest BCUT2D eigenvalue weighted by molar-refractivity contribution is -0.147. The van der Waals surface area contributed by atoms with Crippen molar-refractivity contribution in [3.8, 4) is 5.75 Å². The maximum Gasteiger partial charge on any atom is 0.308 e. The van der Waals surface area contributed by atoms with Crippen LogP contribution in [0.1, 0.15) is 6.42 Å². The summed E-state index contributed by atoms with van der Waals surface area (Å²) in [7, 11) is 0. The molecule has 0 aliphatic carbocycles. The molecule has 8 heteroatoms. The van der Waals surface area contributed by atoms with Gasteiger partial charge in [-0.2, -0.15) is 0 Å². The molecule has 2 aromatic carbocycles. The summed E-state index contributed by atoms with van der Waals surface area (Å²) in [6, 6.07) is 13.7. The summed E-state index contributed by atoms with van der Waals surface area (Å²) in [5.74, 6) is -0.675. The van der Waals surface area contributed by atoms with Gasteiger partial charge in [-0.25, -0.2) is 0 Å². The number of hydrogen-bond donors (Lipinski definition) is 1. The second-order valence-electron chi connectivity index (χ2n) is 5.77. The number of ether oxygens (including phenoxy) is 2. The van der Waals surface area contributed by atoms with Crippen LogP contribution in [0.15, 0.2) is 48.5 Å². The normalized spacial score (nSPS) is 12.8. The fraction of sp³-hybridized carbons (Fsp3) is 0.211. The molecule has 0 aromatic heterocycles. The molecule has 0 atom stereocenters. The molecule has 1 N–H and O–H groups in total. The number of carbonyl (C=O) groups is 3. The summed E-state index contributed by atoms with van der Waals surface area (Å²) >= 11 is 5.77. The van der Waals surface area contributed by atoms with Crippen LogP contribution in [-0.4, -0.2) is 37.5 Å². The van der Waals surface area contributed by atoms with Crippen LogP contribution in [-0.2, 0) is 19.1 Å². The molecular formula is C19H17ClN2O5. The third-order valence-electron chi connectivity index (χ3n) is 3.84. The van der Waals surface area contributed by atoms with Crippen LogP contribution in [0.25, 0.3) is 0 Å². The first-order valence-electron chi connectivity index (χ1n) is 8.26. The molecule has 0 bridgehead atoms. The number of anilines is 2. The lowest BCUT2D eigenvalue weighted by Crippen LogP contribution is -2.40. The van der Waals surface area contributed by atoms with Gasteiger partial charge in [-0.15, -0.1) is 0 Å². The van der Waals surface area contributed by atoms with Crippen LogP contribution >= 0.6 is 11.6 Å². The van der Waals surface area contributed by atoms with Crippen molar-refractivity contribution in [3.05, 3.63) is 53.6 Å². The molecule has 27 heavy (non-hydrogen) atoms. The van der Waals surface area contributed by atoms with Gasteiger partial charge in [0, 0.05) is 17.3 Å². The van der Waals surface area contributed by atoms with Crippen molar-refractivity contribution in [2.45, 2.75) is 6.42 Å². The smallest absolute Gasteiger partial charge is 0.308 e. The first-order valence-corrected chi connectivity index (χ1v) is 8.64. The summed E-state index contributed by atoms with van der Waals surface area (Å²) in [5, 5.41) is 3.15. The Morgan fingerprint density at radius 2 is 1.89 bits per heavy atom. The molecule has 0 unspecified atom stereocenters. The molecule has 140 valence electrons. The Morgan fingerprint density at radius 1 is 1.15 bits per heavy atom. The molecule has 7 nitrogen and oxygen atoms in total. The highest BCUT2D eigenvalue weighted by atomic mass is 35.5. The Balaban J connectivity index is 1.46. The summed E-state index contributed by atoms with van der Waals surface area (Å²) < 4.78 is 10.3. The number of hydrogen-bond acceptors (Lipinski definition) is 5. The van der Waals surface area contributed by atoms with Crippen molar-refractivity contribution in [2.75, 3.05) is 30.0 Å². The van der Waals surface area contributed by atoms with Crippen LogP contribution in [0.4, 0.5) is 11.4 Å². The highest BCUT2D eigenvalue weighted by molar-refractivity contribution is 6.30. The molecule has 0 saturated heterocycles. The predicted octanol–water partition coefficient (Wildman–Crippen LogP) is 2.64. The number of esters is 1. The van der Waals surface area contributed by atoms with E-state index in [9.17, 15) is 14.4 Å². The number of rotatable bonds is 6. The number of halogens is 1. The van der Waals surface area contributed by atoms with Gasteiger partial charge in [0.15, 0.2) is 13.2 Å². The van der Waals surface area contributed by atoms with Gasteiger partial charge in [-0.3, -0.25) is 14.4 Å². The van der Waals surface area contributed by atoms with Crippen LogP contribution in [0.3, 0.4) is 0 Å². The quantitative estimate of drug-likeness (QED) is 0.769. The summed E-state index contributed by atoms with van der Waals surface area (Å²) in [6.07, 6.45) is -0.0334. The second kappa shape index (κ2) is 8.55. The zero-order valence-electron chi connectivity index (χ0n) is 14.3. The number of carbonyl (C=O) groups excluding carboxylic acids is 3. The number of para-hydroxylation sites is 2. The number of benzene rings is 2. The molecular weight excluding hydrogens is 372 g/mol. The fourth-order valence-electron chi connectivity index (χ4n) is 2.55. The van der Waals surface area contributed by atoms with Crippen LogP contribution in [0.5, 0.6) is 5.75 Å². The topological polar surface area (TPSA) is 84.9 Å². The maximum absolute atomic E-state index is 12.0. The van der Waals surface area contributed by atoms with Crippen LogP contribution in [0, 0.1) is 0 Å². The first-order chi connectivity index (χ1) is 13.0. The Hall–Kier alpha value is -3.06. The molecule has 0 radical (unpaired) electrons. The van der Waals surface area contributed by atoms with E-state index in [-0.39, 0.29) is 25.5 Å². The maximum atomic E-state index is 12.0. The molecule has 0 saturated carbocycles. The monoisotopic (exact) mass is 388 g/mol. The van der Waals surface area contributed by atoms with Gasteiger partial charge in [0.1, 0.15) is 5.75 Å². The van der Waals surface area contributed by atoms with Crippen LogP contribution < -0.4 is 15.0 Å². The van der Waals surface area contributed by atoms with Crippen molar-refractivity contribution in [1.29, 1.82) is 0 Å². The lowest BCUT2D eigenvalue weighted by Gasteiger charge is -2.28. The number of fused-ring (bicyclic) bond motifs is 1. The van der Waals surface area contributed by atoms with Gasteiger partial charge in [0.05, 0.1) is 12.1 Å². The highest BCUT2D eigenvalue weighted by Gasteiger charge is 2.25. The standard InChI is InChI=1S/C19H17ClN2O5/c20-13-5-7-14(8-6-13)21-17(23)11-27-19(25)9-10-22-15-3-1-2-4-16(15)26-12-18(22)24/h1-8H,9-12H2,(H,21,23). The Labute approximate surface area is 160 Å². The van der Waals surface area contributed by atoms with Crippen molar-refractivity contribution < 1.29 is 23.9 Å². The molecule has 1 aliphatic rings. The molecule has 0 fully saturated rings. The second-order valence-corrected chi connectivity index (χ2v) is 6.20. The van der Waals surface area contributed by atoms with E-state index >= 15 is 0 Å². The van der Waals surface area contributed by atoms with Crippen molar-refractivity contribution in [2.24, 2.45) is 0 Å². The number of amides is 2. The average Bonchev–Trinajstić information content (AvgIpc) is 2.67. The molecule has 2 amide bonds. The van der Waals surface area contributed by atoms with Crippen molar-refractivity contribution in [1.82, 2.24) is 0 Å². The molecule has 2 aromatic rings. The summed E-state index contributed by atoms with van der Waals surface area (Å²) in [5.41, 5.74) is 1.16. The van der Waals surface area contributed by atoms with Gasteiger partial charge >= 0.3 is 5.97 Å². The highest BCUT2D eigenvalue weighted by Crippen LogP contribution is 2.31. The number of nitrogens with one attached hydrogen (secondary N) is 1. The van der Waals surface area contributed by atoms with E-state index < -0.39 is 18.5 Å². The van der Waals surface area contributed by atoms with E-state index in [0.717, 1.165) is 0 Å². The van der Waals surface area contributed by atoms with E-state index in [2.05, 4.69) is 5.32 Å². The minimum Gasteiger partial charge on any atom is -0.482 e. The van der Waals surface area contributed by atoms with Gasteiger partial charge in [0.2, 0.25) is 0 Å². The Bertz CT molecular complexity index is 853. The van der Waals surface area contributed by atoms with E-state index in [1.54, 1.807) is 48.5 Å². The summed E-state index contributed by atoms with van der Waals surface area (Å²) in [6.45, 7) is -0.332. The van der Waals surface area contributed by atoms with Crippen molar-refractivity contribution >= 4 is 40.8 Å². The van der Waals surface area contributed by atoms with Crippen LogP contribution in [0.2, 0.25) is 5.02 Å². The Morgan fingerprint density at radius 3 is 2.67 bits per heavy atom. The first kappa shape index (κ1) is 18.7. The largest absolute Gasteiger partial charge is 0.482 e. The van der Waals surface area contributed by atoms with Gasteiger partial charge < -0.3 is 19.7 Å². The molecule has 1 aliphatic heterocycles. The van der Waals surface area contributed by atoms with E-state index in [1.165, 1.54) is 4.90 Å². The minimum atomic E-state index is -0.571. The van der Waals surface area contributed by atoms with E-state index in [1.807, 2.05) is 0 Å². The predicted molar refractivity (Wildman–Crippen MR) is 99.9 cm³/mol. The molecule has 1 heterocycles. The van der Waals surface area contributed by atoms with Crippen molar-refractivity contribution in [3.63, 3.8) is 0 Å². The molecule has 0 spiro atoms.